The van der Waals surface area contributed by atoms with Crippen LogP contribution in [0.1, 0.15) is 15.9 Å². The minimum atomic E-state index is -4.64. The summed E-state index contributed by atoms with van der Waals surface area (Å²) in [6.07, 6.45) is 0.386. The highest BCUT2D eigenvalue weighted by molar-refractivity contribution is 7.45. The van der Waals surface area contributed by atoms with Gasteiger partial charge >= 0.3 is 13.8 Å². The average molecular weight is 289 g/mol. The summed E-state index contributed by atoms with van der Waals surface area (Å²) in [6.45, 7) is 0. The topological polar surface area (TPSA) is 133 Å². The monoisotopic (exact) mass is 289 g/mol. The Hall–Kier alpha value is -1.73. The molecule has 0 aromatic heterocycles. The van der Waals surface area contributed by atoms with Gasteiger partial charge in [-0.15, -0.1) is 0 Å². The van der Waals surface area contributed by atoms with E-state index in [-0.39, 0.29) is 5.91 Å². The number of esters is 1. The molecule has 2 rings (SSSR count). The third-order valence-electron chi connectivity index (χ3n) is 2.16. The van der Waals surface area contributed by atoms with Crippen molar-refractivity contribution in [2.75, 3.05) is 12.4 Å². The van der Waals surface area contributed by atoms with E-state index in [4.69, 9.17) is 19.2 Å². The van der Waals surface area contributed by atoms with Crippen molar-refractivity contribution >= 4 is 25.4 Å². The molecule has 1 aromatic carbocycles. The Morgan fingerprint density at radius 3 is 2.47 bits per heavy atom. The SMILES string of the molecule is COC(=O)c1ccc2c(c1)NC(=O)C2.O=P(O)(O)O. The van der Waals surface area contributed by atoms with E-state index in [2.05, 4.69) is 10.1 Å². The second-order valence-electron chi connectivity index (χ2n) is 3.60. The second kappa shape index (κ2) is 5.94. The number of carbonyl (C=O) groups is 2. The number of fused-ring (bicyclic) bond motifs is 1. The van der Waals surface area contributed by atoms with Gasteiger partial charge < -0.3 is 24.7 Å². The van der Waals surface area contributed by atoms with Crippen molar-refractivity contribution in [1.29, 1.82) is 0 Å². The first kappa shape index (κ1) is 15.3. The molecule has 1 amide bonds. The number of rotatable bonds is 1. The number of methoxy groups -OCH3 is 1. The number of hydrogen-bond acceptors (Lipinski definition) is 4. The molecule has 19 heavy (non-hydrogen) atoms. The number of amides is 1. The summed E-state index contributed by atoms with van der Waals surface area (Å²) in [5, 5.41) is 2.67. The van der Waals surface area contributed by atoms with E-state index in [1.165, 1.54) is 7.11 Å². The van der Waals surface area contributed by atoms with E-state index in [1.807, 2.05) is 0 Å². The standard InChI is InChI=1S/C10H9NO3.H3O4P/c1-14-10(13)7-3-2-6-5-9(12)11-8(6)4-7;1-5(2,3)4/h2-4H,5H2,1H3,(H,11,12);(H3,1,2,3,4). The Morgan fingerprint density at radius 1 is 1.37 bits per heavy atom. The summed E-state index contributed by atoms with van der Waals surface area (Å²) in [4.78, 5) is 43.7. The molecule has 0 unspecified atom stereocenters. The summed E-state index contributed by atoms with van der Waals surface area (Å²) >= 11 is 0. The Kier molecular flexibility index (Phi) is 4.79. The molecule has 0 bridgehead atoms. The van der Waals surface area contributed by atoms with Crippen molar-refractivity contribution < 1.29 is 33.6 Å². The molecule has 1 aliphatic heterocycles. The molecule has 1 aromatic rings. The van der Waals surface area contributed by atoms with Gasteiger partial charge in [-0.05, 0) is 17.7 Å². The number of phosphoric acid groups is 1. The Bertz CT molecular complexity index is 543. The Morgan fingerprint density at radius 2 is 1.95 bits per heavy atom. The highest BCUT2D eigenvalue weighted by Gasteiger charge is 2.18. The van der Waals surface area contributed by atoms with E-state index >= 15 is 0 Å². The third-order valence-corrected chi connectivity index (χ3v) is 2.16. The number of anilines is 1. The van der Waals surface area contributed by atoms with Crippen LogP contribution in [0.5, 0.6) is 0 Å². The van der Waals surface area contributed by atoms with Crippen LogP contribution in [0.25, 0.3) is 0 Å². The maximum atomic E-state index is 11.2. The van der Waals surface area contributed by atoms with Gasteiger partial charge in [0.1, 0.15) is 0 Å². The van der Waals surface area contributed by atoms with E-state index in [0.717, 1.165) is 5.56 Å². The van der Waals surface area contributed by atoms with Gasteiger partial charge in [-0.1, -0.05) is 6.07 Å². The number of benzene rings is 1. The highest BCUT2D eigenvalue weighted by Crippen LogP contribution is 2.26. The van der Waals surface area contributed by atoms with Crippen LogP contribution in [-0.2, 0) is 20.5 Å². The highest BCUT2D eigenvalue weighted by atomic mass is 31.2. The van der Waals surface area contributed by atoms with Crippen LogP contribution in [0.15, 0.2) is 18.2 Å². The molecule has 0 saturated heterocycles. The molecule has 0 radical (unpaired) electrons. The second-order valence-corrected chi connectivity index (χ2v) is 4.63. The van der Waals surface area contributed by atoms with Crippen molar-refractivity contribution in [2.45, 2.75) is 6.42 Å². The summed E-state index contributed by atoms with van der Waals surface area (Å²) in [6, 6.07) is 5.05. The van der Waals surface area contributed by atoms with Crippen LogP contribution in [0.4, 0.5) is 5.69 Å². The van der Waals surface area contributed by atoms with Gasteiger partial charge in [-0.25, -0.2) is 9.36 Å². The van der Waals surface area contributed by atoms with Crippen LogP contribution >= 0.6 is 7.82 Å². The zero-order chi connectivity index (χ0) is 14.6. The molecular formula is C10H12NO7P. The van der Waals surface area contributed by atoms with Gasteiger partial charge in [0, 0.05) is 5.69 Å². The van der Waals surface area contributed by atoms with Gasteiger partial charge in [0.25, 0.3) is 0 Å². The van der Waals surface area contributed by atoms with Crippen LogP contribution in [0.3, 0.4) is 0 Å². The van der Waals surface area contributed by atoms with E-state index in [1.54, 1.807) is 18.2 Å². The predicted molar refractivity (Wildman–Crippen MR) is 64.4 cm³/mol. The number of nitrogens with one attached hydrogen (secondary N) is 1. The largest absolute Gasteiger partial charge is 0.466 e. The molecule has 0 spiro atoms. The lowest BCUT2D eigenvalue weighted by molar-refractivity contribution is -0.115. The lowest BCUT2D eigenvalue weighted by atomic mass is 10.1. The first-order chi connectivity index (χ1) is 8.70. The first-order valence-corrected chi connectivity index (χ1v) is 6.56. The zero-order valence-corrected chi connectivity index (χ0v) is 10.8. The predicted octanol–water partition coefficient (Wildman–Crippen LogP) is 0.0392. The maximum Gasteiger partial charge on any atom is 0.466 e. The molecule has 1 heterocycles. The van der Waals surface area contributed by atoms with Crippen LogP contribution in [-0.4, -0.2) is 33.7 Å². The van der Waals surface area contributed by atoms with Crippen molar-refractivity contribution in [1.82, 2.24) is 0 Å². The fraction of sp³-hybridized carbons (Fsp3) is 0.200. The quantitative estimate of drug-likeness (QED) is 0.423. The third kappa shape index (κ3) is 5.19. The Balaban J connectivity index is 0.000000312. The van der Waals surface area contributed by atoms with Crippen LogP contribution in [0.2, 0.25) is 0 Å². The fourth-order valence-electron chi connectivity index (χ4n) is 1.46. The molecule has 0 aliphatic carbocycles. The van der Waals surface area contributed by atoms with Crippen LogP contribution < -0.4 is 5.32 Å². The molecule has 104 valence electrons. The molecule has 0 atom stereocenters. The zero-order valence-electron chi connectivity index (χ0n) is 9.86. The summed E-state index contributed by atoms with van der Waals surface area (Å²) in [5.74, 6) is -0.434. The normalized spacial score (nSPS) is 12.9. The first-order valence-electron chi connectivity index (χ1n) is 5.00. The van der Waals surface area contributed by atoms with Gasteiger partial charge in [0.05, 0.1) is 19.1 Å². The van der Waals surface area contributed by atoms with Gasteiger partial charge in [0.15, 0.2) is 0 Å². The molecule has 1 aliphatic rings. The van der Waals surface area contributed by atoms with Gasteiger partial charge in [-0.3, -0.25) is 4.79 Å². The van der Waals surface area contributed by atoms with Crippen molar-refractivity contribution in [3.05, 3.63) is 29.3 Å². The number of ether oxygens (including phenoxy) is 1. The van der Waals surface area contributed by atoms with Crippen molar-refractivity contribution in [2.24, 2.45) is 0 Å². The molecule has 0 saturated carbocycles. The van der Waals surface area contributed by atoms with Gasteiger partial charge in [-0.2, -0.15) is 0 Å². The minimum Gasteiger partial charge on any atom is -0.465 e. The van der Waals surface area contributed by atoms with E-state index < -0.39 is 13.8 Å². The Labute approximate surface area is 108 Å². The molecule has 8 nitrogen and oxygen atoms in total. The lowest BCUT2D eigenvalue weighted by Gasteiger charge is -2.01. The summed E-state index contributed by atoms with van der Waals surface area (Å²) < 4.78 is 13.5. The molecule has 9 heteroatoms. The van der Waals surface area contributed by atoms with E-state index in [9.17, 15) is 9.59 Å². The maximum absolute atomic E-state index is 11.2. The minimum absolute atomic E-state index is 0.0398. The fourth-order valence-corrected chi connectivity index (χ4v) is 1.46. The van der Waals surface area contributed by atoms with Crippen molar-refractivity contribution in [3.8, 4) is 0 Å². The van der Waals surface area contributed by atoms with Crippen molar-refractivity contribution in [3.63, 3.8) is 0 Å². The smallest absolute Gasteiger partial charge is 0.465 e. The lowest BCUT2D eigenvalue weighted by Crippen LogP contribution is -2.04. The molecule has 4 N–H and O–H groups in total. The van der Waals surface area contributed by atoms with Gasteiger partial charge in [0.2, 0.25) is 5.91 Å². The summed E-state index contributed by atoms with van der Waals surface area (Å²) in [5.41, 5.74) is 2.08. The number of hydrogen-bond donors (Lipinski definition) is 4. The molecule has 0 fully saturated rings. The summed E-state index contributed by atoms with van der Waals surface area (Å²) in [7, 11) is -3.31. The number of carbonyl (C=O) groups excluding carboxylic acids is 2. The molecular weight excluding hydrogens is 277 g/mol. The van der Waals surface area contributed by atoms with Crippen LogP contribution in [0, 0.1) is 0 Å². The average Bonchev–Trinajstić information content (AvgIpc) is 2.64. The van der Waals surface area contributed by atoms with E-state index in [0.29, 0.717) is 17.7 Å².